The largest absolute Gasteiger partial charge is 0.324 e. The molecule has 4 heteroatoms. The lowest BCUT2D eigenvalue weighted by atomic mass is 10.0. The molecule has 0 aromatic heterocycles. The zero-order chi connectivity index (χ0) is 13.7. The minimum Gasteiger partial charge on any atom is -0.324 e. The van der Waals surface area contributed by atoms with Crippen molar-refractivity contribution in [3.05, 3.63) is 34.9 Å². The van der Waals surface area contributed by atoms with Gasteiger partial charge in [0.2, 0.25) is 0 Å². The maximum absolute atomic E-state index is 6.24. The van der Waals surface area contributed by atoms with Gasteiger partial charge in [0.25, 0.3) is 0 Å². The van der Waals surface area contributed by atoms with Crippen LogP contribution in [-0.4, -0.2) is 49.1 Å². The van der Waals surface area contributed by atoms with Crippen molar-refractivity contribution in [3.8, 4) is 0 Å². The van der Waals surface area contributed by atoms with E-state index in [9.17, 15) is 0 Å². The Hall–Kier alpha value is -0.610. The molecule has 2 rings (SSSR count). The number of rotatable bonds is 5. The van der Waals surface area contributed by atoms with E-state index in [1.54, 1.807) is 0 Å². The van der Waals surface area contributed by atoms with Gasteiger partial charge in [0.15, 0.2) is 0 Å². The van der Waals surface area contributed by atoms with E-state index >= 15 is 0 Å². The van der Waals surface area contributed by atoms with Gasteiger partial charge in [0.05, 0.1) is 0 Å². The van der Waals surface area contributed by atoms with E-state index in [2.05, 4.69) is 16.7 Å². The summed E-state index contributed by atoms with van der Waals surface area (Å²) < 4.78 is 0. The molecule has 3 nitrogen and oxygen atoms in total. The van der Waals surface area contributed by atoms with Gasteiger partial charge in [-0.15, -0.1) is 0 Å². The van der Waals surface area contributed by atoms with Crippen LogP contribution in [0.15, 0.2) is 24.3 Å². The molecule has 1 aromatic carbocycles. The van der Waals surface area contributed by atoms with Crippen molar-refractivity contribution in [1.82, 2.24) is 9.80 Å². The van der Waals surface area contributed by atoms with Gasteiger partial charge < -0.3 is 15.5 Å². The van der Waals surface area contributed by atoms with Crippen LogP contribution in [0, 0.1) is 0 Å². The number of halogens is 1. The van der Waals surface area contributed by atoms with Crippen LogP contribution in [0.3, 0.4) is 0 Å². The third-order valence-corrected chi connectivity index (χ3v) is 4.22. The topological polar surface area (TPSA) is 32.5 Å². The van der Waals surface area contributed by atoms with Gasteiger partial charge >= 0.3 is 0 Å². The molecule has 0 bridgehead atoms. The quantitative estimate of drug-likeness (QED) is 0.899. The molecule has 19 heavy (non-hydrogen) atoms. The average Bonchev–Trinajstić information content (AvgIpc) is 2.46. The molecule has 1 saturated heterocycles. The van der Waals surface area contributed by atoms with Crippen molar-refractivity contribution >= 4 is 11.6 Å². The summed E-state index contributed by atoms with van der Waals surface area (Å²) in [6, 6.07) is 8.00. The second-order valence-electron chi connectivity index (χ2n) is 5.22. The average molecular weight is 282 g/mol. The summed E-state index contributed by atoms with van der Waals surface area (Å²) in [5.74, 6) is 0. The third kappa shape index (κ3) is 4.46. The molecule has 1 atom stereocenters. The molecule has 0 amide bonds. The van der Waals surface area contributed by atoms with Gasteiger partial charge in [-0.05, 0) is 30.7 Å². The van der Waals surface area contributed by atoms with Gasteiger partial charge in [-0.2, -0.15) is 0 Å². The van der Waals surface area contributed by atoms with Crippen LogP contribution in [0.4, 0.5) is 0 Å². The van der Waals surface area contributed by atoms with Crippen molar-refractivity contribution in [2.75, 3.05) is 39.3 Å². The Labute approximate surface area is 121 Å². The molecule has 106 valence electrons. The molecule has 1 heterocycles. The maximum Gasteiger partial charge on any atom is 0.0406 e. The monoisotopic (exact) mass is 281 g/mol. The molecular formula is C15H24ClN3. The molecular weight excluding hydrogens is 258 g/mol. The molecule has 1 fully saturated rings. The van der Waals surface area contributed by atoms with Crippen molar-refractivity contribution in [2.45, 2.75) is 19.4 Å². The first-order valence-electron chi connectivity index (χ1n) is 7.15. The molecule has 1 unspecified atom stereocenters. The number of benzene rings is 1. The van der Waals surface area contributed by atoms with Gasteiger partial charge in [-0.3, -0.25) is 0 Å². The van der Waals surface area contributed by atoms with E-state index < -0.39 is 0 Å². The second-order valence-corrected chi connectivity index (χ2v) is 5.66. The number of nitrogens with zero attached hydrogens (tertiary/aromatic N) is 2. The summed E-state index contributed by atoms with van der Waals surface area (Å²) >= 11 is 5.89. The highest BCUT2D eigenvalue weighted by Crippen LogP contribution is 2.17. The van der Waals surface area contributed by atoms with Crippen molar-refractivity contribution < 1.29 is 0 Å². The lowest BCUT2D eigenvalue weighted by Gasteiger charge is -2.34. The molecule has 1 aromatic rings. The minimum absolute atomic E-state index is 0.112. The van der Waals surface area contributed by atoms with Gasteiger partial charge in [-0.25, -0.2) is 0 Å². The summed E-state index contributed by atoms with van der Waals surface area (Å²) in [6.07, 6.45) is 1.01. The standard InChI is InChI=1S/C15H24ClN3/c1-2-18-9-11-19(12-10-18)8-7-15(17)13-3-5-14(16)6-4-13/h3-6,15H,2,7-12,17H2,1H3. The highest BCUT2D eigenvalue weighted by molar-refractivity contribution is 6.30. The van der Waals surface area contributed by atoms with E-state index in [0.29, 0.717) is 0 Å². The fourth-order valence-corrected chi connectivity index (χ4v) is 2.65. The summed E-state index contributed by atoms with van der Waals surface area (Å²) in [4.78, 5) is 5.01. The van der Waals surface area contributed by atoms with Crippen molar-refractivity contribution in [1.29, 1.82) is 0 Å². The van der Waals surface area contributed by atoms with E-state index in [0.717, 1.165) is 24.5 Å². The van der Waals surface area contributed by atoms with E-state index in [1.807, 2.05) is 24.3 Å². The molecule has 0 spiro atoms. The summed E-state index contributed by atoms with van der Waals surface area (Å²) in [7, 11) is 0. The number of nitrogens with two attached hydrogens (primary N) is 1. The molecule has 2 N–H and O–H groups in total. The van der Waals surface area contributed by atoms with Crippen LogP contribution >= 0.6 is 11.6 Å². The summed E-state index contributed by atoms with van der Waals surface area (Å²) in [5, 5.41) is 0.770. The van der Waals surface area contributed by atoms with Crippen LogP contribution in [-0.2, 0) is 0 Å². The Morgan fingerprint density at radius 3 is 2.26 bits per heavy atom. The number of piperazine rings is 1. The van der Waals surface area contributed by atoms with Crippen LogP contribution in [0.1, 0.15) is 24.9 Å². The second kappa shape index (κ2) is 7.25. The fraction of sp³-hybridized carbons (Fsp3) is 0.600. The van der Waals surface area contributed by atoms with E-state index in [4.69, 9.17) is 17.3 Å². The van der Waals surface area contributed by atoms with Gasteiger partial charge in [0, 0.05) is 43.8 Å². The molecule has 0 saturated carbocycles. The Balaban J connectivity index is 1.75. The molecule has 1 aliphatic rings. The lowest BCUT2D eigenvalue weighted by Crippen LogP contribution is -2.46. The zero-order valence-electron chi connectivity index (χ0n) is 11.7. The fourth-order valence-electron chi connectivity index (χ4n) is 2.53. The highest BCUT2D eigenvalue weighted by Gasteiger charge is 2.16. The van der Waals surface area contributed by atoms with E-state index in [1.165, 1.54) is 31.7 Å². The first-order valence-corrected chi connectivity index (χ1v) is 7.52. The highest BCUT2D eigenvalue weighted by atomic mass is 35.5. The van der Waals surface area contributed by atoms with Gasteiger partial charge in [-0.1, -0.05) is 30.7 Å². The van der Waals surface area contributed by atoms with E-state index in [-0.39, 0.29) is 6.04 Å². The lowest BCUT2D eigenvalue weighted by molar-refractivity contribution is 0.134. The summed E-state index contributed by atoms with van der Waals surface area (Å²) in [6.45, 7) is 9.19. The van der Waals surface area contributed by atoms with Crippen LogP contribution in [0.2, 0.25) is 5.02 Å². The first kappa shape index (κ1) is 14.8. The SMILES string of the molecule is CCN1CCN(CCC(N)c2ccc(Cl)cc2)CC1. The number of hydrogen-bond donors (Lipinski definition) is 1. The van der Waals surface area contributed by atoms with Crippen molar-refractivity contribution in [2.24, 2.45) is 5.73 Å². The van der Waals surface area contributed by atoms with Crippen LogP contribution in [0.5, 0.6) is 0 Å². The smallest absolute Gasteiger partial charge is 0.0406 e. The minimum atomic E-state index is 0.112. The van der Waals surface area contributed by atoms with Crippen LogP contribution in [0.25, 0.3) is 0 Å². The molecule has 1 aliphatic heterocycles. The normalized spacial score (nSPS) is 19.5. The Morgan fingerprint density at radius 2 is 1.68 bits per heavy atom. The maximum atomic E-state index is 6.24. The predicted octanol–water partition coefficient (Wildman–Crippen LogP) is 2.37. The Kier molecular flexibility index (Phi) is 5.64. The summed E-state index contributed by atoms with van der Waals surface area (Å²) in [5.41, 5.74) is 7.41. The predicted molar refractivity (Wildman–Crippen MR) is 81.6 cm³/mol. The number of likely N-dealkylation sites (N-methyl/N-ethyl adjacent to an activating group) is 1. The zero-order valence-corrected chi connectivity index (χ0v) is 12.4. The molecule has 0 radical (unpaired) electrons. The third-order valence-electron chi connectivity index (χ3n) is 3.97. The van der Waals surface area contributed by atoms with Gasteiger partial charge in [0.1, 0.15) is 0 Å². The first-order chi connectivity index (χ1) is 9.19. The molecule has 0 aliphatic carbocycles. The number of hydrogen-bond acceptors (Lipinski definition) is 3. The Morgan fingerprint density at radius 1 is 1.11 bits per heavy atom. The Bertz CT molecular complexity index is 371. The van der Waals surface area contributed by atoms with Crippen LogP contribution < -0.4 is 5.73 Å². The van der Waals surface area contributed by atoms with Crippen molar-refractivity contribution in [3.63, 3.8) is 0 Å².